The van der Waals surface area contributed by atoms with Crippen molar-refractivity contribution in [3.05, 3.63) is 72.1 Å². The molecule has 132 valence electrons. The second kappa shape index (κ2) is 8.57. The molecule has 0 radical (unpaired) electrons. The molecule has 0 aliphatic carbocycles. The number of carbonyl (C=O) groups is 2. The van der Waals surface area contributed by atoms with Gasteiger partial charge in [-0.05, 0) is 12.1 Å². The number of benzene rings is 2. The second-order valence-corrected chi connectivity index (χ2v) is 5.53. The van der Waals surface area contributed by atoms with Gasteiger partial charge < -0.3 is 15.2 Å². The maximum Gasteiger partial charge on any atom is 0.251 e. The lowest BCUT2D eigenvalue weighted by atomic mass is 10.2. The number of carbonyl (C=O) groups excluding carboxylic acids is 2. The summed E-state index contributed by atoms with van der Waals surface area (Å²) in [7, 11) is 0. The monoisotopic (exact) mass is 350 g/mol. The van der Waals surface area contributed by atoms with Gasteiger partial charge in [0, 0.05) is 24.1 Å². The largest absolute Gasteiger partial charge is 0.354 e. The quantitative estimate of drug-likeness (QED) is 0.677. The molecule has 0 saturated heterocycles. The number of nitrogens with zero attached hydrogens (tertiary/aromatic N) is 2. The van der Waals surface area contributed by atoms with Crippen molar-refractivity contribution in [2.24, 2.45) is 0 Å². The third kappa shape index (κ3) is 4.76. The molecule has 1 heterocycles. The van der Waals surface area contributed by atoms with E-state index in [1.165, 1.54) is 0 Å². The topological polar surface area (TPSA) is 97.1 Å². The third-order valence-corrected chi connectivity index (χ3v) is 3.61. The van der Waals surface area contributed by atoms with E-state index in [2.05, 4.69) is 20.8 Å². The molecular formula is C19H18N4O3. The lowest BCUT2D eigenvalue weighted by Crippen LogP contribution is -2.37. The minimum Gasteiger partial charge on any atom is -0.354 e. The van der Waals surface area contributed by atoms with Crippen molar-refractivity contribution in [1.82, 2.24) is 20.8 Å². The maximum atomic E-state index is 11.9. The number of nitrogens with one attached hydrogen (secondary N) is 2. The SMILES string of the molecule is O=C(CNC(=O)c1ccccc1)NCCc1nc(-c2ccccc2)no1. The Morgan fingerprint density at radius 1 is 0.923 bits per heavy atom. The van der Waals surface area contributed by atoms with Gasteiger partial charge in [-0.15, -0.1) is 0 Å². The average molecular weight is 350 g/mol. The minimum absolute atomic E-state index is 0.0905. The van der Waals surface area contributed by atoms with E-state index in [-0.39, 0.29) is 18.4 Å². The van der Waals surface area contributed by atoms with Gasteiger partial charge in [-0.25, -0.2) is 0 Å². The summed E-state index contributed by atoms with van der Waals surface area (Å²) in [4.78, 5) is 28.0. The first kappa shape index (κ1) is 17.3. The number of aromatic nitrogens is 2. The standard InChI is InChI=1S/C19H18N4O3/c24-16(13-21-19(25)15-9-5-2-6-10-15)20-12-11-17-22-18(23-26-17)14-7-3-1-4-8-14/h1-10H,11-13H2,(H,20,24)(H,21,25). The molecule has 0 saturated carbocycles. The van der Waals surface area contributed by atoms with Gasteiger partial charge in [-0.3, -0.25) is 9.59 Å². The highest BCUT2D eigenvalue weighted by Crippen LogP contribution is 2.14. The molecule has 0 aliphatic rings. The van der Waals surface area contributed by atoms with Crippen LogP contribution in [0, 0.1) is 0 Å². The molecule has 3 aromatic rings. The van der Waals surface area contributed by atoms with E-state index >= 15 is 0 Å². The van der Waals surface area contributed by atoms with Crippen LogP contribution < -0.4 is 10.6 Å². The summed E-state index contributed by atoms with van der Waals surface area (Å²) in [6.07, 6.45) is 0.415. The number of hydrogen-bond donors (Lipinski definition) is 2. The van der Waals surface area contributed by atoms with Crippen molar-refractivity contribution >= 4 is 11.8 Å². The smallest absolute Gasteiger partial charge is 0.251 e. The summed E-state index contributed by atoms with van der Waals surface area (Å²) >= 11 is 0. The molecule has 0 atom stereocenters. The molecule has 26 heavy (non-hydrogen) atoms. The summed E-state index contributed by atoms with van der Waals surface area (Å²) in [6, 6.07) is 18.2. The van der Waals surface area contributed by atoms with Crippen LogP contribution in [0.1, 0.15) is 16.2 Å². The molecule has 0 fully saturated rings. The van der Waals surface area contributed by atoms with E-state index < -0.39 is 0 Å². The van der Waals surface area contributed by atoms with Crippen LogP contribution in [-0.4, -0.2) is 35.0 Å². The van der Waals surface area contributed by atoms with Gasteiger partial charge in [-0.2, -0.15) is 4.98 Å². The first-order chi connectivity index (χ1) is 12.7. The molecule has 2 aromatic carbocycles. The van der Waals surface area contributed by atoms with Crippen LogP contribution in [0.25, 0.3) is 11.4 Å². The number of hydrogen-bond acceptors (Lipinski definition) is 5. The summed E-state index contributed by atoms with van der Waals surface area (Å²) in [5, 5.41) is 9.20. The van der Waals surface area contributed by atoms with Crippen LogP contribution in [-0.2, 0) is 11.2 Å². The predicted octanol–water partition coefficient (Wildman–Crippen LogP) is 1.83. The minimum atomic E-state index is -0.287. The van der Waals surface area contributed by atoms with Gasteiger partial charge in [0.15, 0.2) is 0 Å². The van der Waals surface area contributed by atoms with E-state index in [1.54, 1.807) is 24.3 Å². The molecule has 2 amide bonds. The molecule has 7 heteroatoms. The van der Waals surface area contributed by atoms with Crippen molar-refractivity contribution in [1.29, 1.82) is 0 Å². The molecule has 2 N–H and O–H groups in total. The molecule has 0 unspecified atom stereocenters. The molecule has 1 aromatic heterocycles. The summed E-state index contributed by atoms with van der Waals surface area (Å²) in [5.74, 6) is 0.391. The molecular weight excluding hydrogens is 332 g/mol. The Labute approximate surface area is 150 Å². The van der Waals surface area contributed by atoms with Crippen molar-refractivity contribution in [2.75, 3.05) is 13.1 Å². The van der Waals surface area contributed by atoms with Crippen LogP contribution in [0.5, 0.6) is 0 Å². The van der Waals surface area contributed by atoms with Crippen molar-refractivity contribution < 1.29 is 14.1 Å². The first-order valence-corrected chi connectivity index (χ1v) is 8.20. The van der Waals surface area contributed by atoms with Gasteiger partial charge in [0.05, 0.1) is 6.54 Å². The Morgan fingerprint density at radius 2 is 1.62 bits per heavy atom. The Hall–Kier alpha value is -3.48. The van der Waals surface area contributed by atoms with Crippen molar-refractivity contribution in [3.8, 4) is 11.4 Å². The fraction of sp³-hybridized carbons (Fsp3) is 0.158. The molecule has 0 spiro atoms. The molecule has 3 rings (SSSR count). The Bertz CT molecular complexity index is 863. The Morgan fingerprint density at radius 3 is 2.35 bits per heavy atom. The van der Waals surface area contributed by atoms with E-state index in [4.69, 9.17) is 4.52 Å². The van der Waals surface area contributed by atoms with Gasteiger partial charge in [0.25, 0.3) is 5.91 Å². The summed E-state index contributed by atoms with van der Waals surface area (Å²) in [6.45, 7) is 0.253. The van der Waals surface area contributed by atoms with Crippen LogP contribution in [0.2, 0.25) is 0 Å². The zero-order valence-electron chi connectivity index (χ0n) is 14.0. The number of rotatable bonds is 7. The molecule has 0 bridgehead atoms. The van der Waals surface area contributed by atoms with E-state index in [0.717, 1.165) is 5.56 Å². The molecule has 7 nitrogen and oxygen atoms in total. The fourth-order valence-electron chi connectivity index (χ4n) is 2.28. The maximum absolute atomic E-state index is 11.9. The lowest BCUT2D eigenvalue weighted by Gasteiger charge is -2.06. The zero-order chi connectivity index (χ0) is 18.2. The van der Waals surface area contributed by atoms with Crippen LogP contribution in [0.4, 0.5) is 0 Å². The first-order valence-electron chi connectivity index (χ1n) is 8.20. The van der Waals surface area contributed by atoms with Gasteiger partial charge in [0.2, 0.25) is 17.6 Å². The predicted molar refractivity (Wildman–Crippen MR) is 95.2 cm³/mol. The summed E-state index contributed by atoms with van der Waals surface area (Å²) in [5.41, 5.74) is 1.38. The zero-order valence-corrected chi connectivity index (χ0v) is 14.0. The van der Waals surface area contributed by atoms with Gasteiger partial charge in [0.1, 0.15) is 0 Å². The normalized spacial score (nSPS) is 10.3. The van der Waals surface area contributed by atoms with E-state index in [9.17, 15) is 9.59 Å². The fourth-order valence-corrected chi connectivity index (χ4v) is 2.28. The highest BCUT2D eigenvalue weighted by atomic mass is 16.5. The lowest BCUT2D eigenvalue weighted by molar-refractivity contribution is -0.120. The van der Waals surface area contributed by atoms with E-state index in [0.29, 0.717) is 30.2 Å². The van der Waals surface area contributed by atoms with Crippen LogP contribution >= 0.6 is 0 Å². The third-order valence-electron chi connectivity index (χ3n) is 3.61. The van der Waals surface area contributed by atoms with Crippen molar-refractivity contribution in [2.45, 2.75) is 6.42 Å². The number of amides is 2. The highest BCUT2D eigenvalue weighted by Gasteiger charge is 2.10. The Kier molecular flexibility index (Phi) is 5.72. The molecule has 0 aliphatic heterocycles. The average Bonchev–Trinajstić information content (AvgIpc) is 3.16. The summed E-state index contributed by atoms with van der Waals surface area (Å²) < 4.78 is 5.17. The highest BCUT2D eigenvalue weighted by molar-refractivity contribution is 5.96. The van der Waals surface area contributed by atoms with Gasteiger partial charge in [-0.1, -0.05) is 53.7 Å². The second-order valence-electron chi connectivity index (χ2n) is 5.53. The van der Waals surface area contributed by atoms with Gasteiger partial charge >= 0.3 is 0 Å². The Balaban J connectivity index is 1.40. The van der Waals surface area contributed by atoms with Crippen LogP contribution in [0.15, 0.2) is 65.2 Å². The van der Waals surface area contributed by atoms with E-state index in [1.807, 2.05) is 36.4 Å². The van der Waals surface area contributed by atoms with Crippen LogP contribution in [0.3, 0.4) is 0 Å². The van der Waals surface area contributed by atoms with Crippen molar-refractivity contribution in [3.63, 3.8) is 0 Å².